The first-order chi connectivity index (χ1) is 27.1. The molecule has 0 radical (unpaired) electrons. The Hall–Kier alpha value is -8.17. The quantitative estimate of drug-likeness (QED) is 0.132. The molecule has 7 rings (SSSR count). The fourth-order valence-corrected chi connectivity index (χ4v) is 5.34. The predicted octanol–water partition coefficient (Wildman–Crippen LogP) is 4.81. The minimum Gasteiger partial charge on any atom is -0.467 e. The van der Waals surface area contributed by atoms with Gasteiger partial charge in [-0.15, -0.1) is 20.5 Å². The third kappa shape index (κ3) is 6.63. The smallest absolute Gasteiger partial charge is 0.343 e. The van der Waals surface area contributed by atoms with E-state index in [1.165, 1.54) is 52.5 Å². The van der Waals surface area contributed by atoms with Gasteiger partial charge in [0.1, 0.15) is 11.1 Å². The molecule has 7 aromatic rings. The average Bonchev–Trinajstić information content (AvgIpc) is 3.99. The van der Waals surface area contributed by atoms with Crippen molar-refractivity contribution in [1.82, 2.24) is 54.1 Å². The highest BCUT2D eigenvalue weighted by atomic mass is 16.5. The van der Waals surface area contributed by atoms with Crippen LogP contribution in [0.15, 0.2) is 93.5 Å². The standard InChI is InChI=1S/C34H31N17O5/c1-18-24(42-44-28-22(30(52)54-3)16-37-48(28)20-12-8-6-9-13-20)26(35)50(46-18)32-39-33(41-34(40-32)56-5)51-27(36)25(19(2)47-51)43-45-29-23(31(53)55-4)17-38-49(29)21-14-10-7-11-15-21/h6-17H,35-36H2,1-5H3/b44-42+,45-43+. The number of rotatable bonds is 11. The Bertz CT molecular complexity index is 2470. The summed E-state index contributed by atoms with van der Waals surface area (Å²) in [6.45, 7) is 3.30. The van der Waals surface area contributed by atoms with Crippen molar-refractivity contribution in [3.05, 3.63) is 95.6 Å². The Morgan fingerprint density at radius 2 is 1.00 bits per heavy atom. The number of aromatic nitrogens is 11. The third-order valence-electron chi connectivity index (χ3n) is 8.07. The number of carbonyl (C=O) groups is 2. The minimum atomic E-state index is -0.658. The Kier molecular flexibility index (Phi) is 9.73. The lowest BCUT2D eigenvalue weighted by Gasteiger charge is -2.08. The Balaban J connectivity index is 1.25. The van der Waals surface area contributed by atoms with Gasteiger partial charge in [0, 0.05) is 0 Å². The molecule has 0 saturated heterocycles. The summed E-state index contributed by atoms with van der Waals surface area (Å²) in [5.74, 6) is -1.29. The van der Waals surface area contributed by atoms with Crippen LogP contribution in [0, 0.1) is 13.8 Å². The molecule has 282 valence electrons. The van der Waals surface area contributed by atoms with Gasteiger partial charge >= 0.3 is 17.9 Å². The Labute approximate surface area is 316 Å². The number of anilines is 2. The van der Waals surface area contributed by atoms with Gasteiger partial charge in [-0.1, -0.05) is 36.4 Å². The minimum absolute atomic E-state index is 0.00797. The molecule has 0 aliphatic rings. The zero-order valence-electron chi connectivity index (χ0n) is 30.3. The normalized spacial score (nSPS) is 11.4. The van der Waals surface area contributed by atoms with Gasteiger partial charge in [-0.25, -0.2) is 19.0 Å². The summed E-state index contributed by atoms with van der Waals surface area (Å²) in [5.41, 5.74) is 15.5. The molecule has 5 aromatic heterocycles. The molecule has 0 aliphatic heterocycles. The number of hydrogen-bond donors (Lipinski definition) is 2. The topological polar surface area (TPSA) is 273 Å². The molecule has 22 heteroatoms. The molecule has 0 fully saturated rings. The molecule has 0 atom stereocenters. The van der Waals surface area contributed by atoms with E-state index < -0.39 is 11.9 Å². The average molecular weight is 758 g/mol. The van der Waals surface area contributed by atoms with Crippen LogP contribution in [-0.2, 0) is 9.47 Å². The van der Waals surface area contributed by atoms with Crippen LogP contribution in [0.1, 0.15) is 32.1 Å². The van der Waals surface area contributed by atoms with Gasteiger partial charge in [0.25, 0.3) is 11.9 Å². The number of esters is 2. The number of nitrogen functional groups attached to an aromatic ring is 2. The van der Waals surface area contributed by atoms with E-state index in [4.69, 9.17) is 25.7 Å². The van der Waals surface area contributed by atoms with E-state index in [2.05, 4.69) is 55.8 Å². The third-order valence-corrected chi connectivity index (χ3v) is 8.07. The monoisotopic (exact) mass is 757 g/mol. The molecule has 0 amide bonds. The van der Waals surface area contributed by atoms with Gasteiger partial charge in [0.2, 0.25) is 0 Å². The van der Waals surface area contributed by atoms with E-state index in [9.17, 15) is 9.59 Å². The summed E-state index contributed by atoms with van der Waals surface area (Å²) in [5, 5.41) is 35.0. The van der Waals surface area contributed by atoms with Crippen LogP contribution in [0.3, 0.4) is 0 Å². The van der Waals surface area contributed by atoms with Crippen molar-refractivity contribution >= 4 is 46.6 Å². The molecule has 2 aromatic carbocycles. The van der Waals surface area contributed by atoms with Gasteiger partial charge in [-0.2, -0.15) is 44.7 Å². The molecule has 4 N–H and O–H groups in total. The summed E-state index contributed by atoms with van der Waals surface area (Å²) in [6.07, 6.45) is 2.67. The maximum Gasteiger partial charge on any atom is 0.343 e. The number of benzene rings is 2. The van der Waals surface area contributed by atoms with Gasteiger partial charge < -0.3 is 25.7 Å². The molecule has 56 heavy (non-hydrogen) atoms. The molecule has 0 spiro atoms. The summed E-state index contributed by atoms with van der Waals surface area (Å²) in [4.78, 5) is 38.3. The van der Waals surface area contributed by atoms with Gasteiger partial charge in [-0.3, -0.25) is 0 Å². The van der Waals surface area contributed by atoms with E-state index in [0.717, 1.165) is 0 Å². The fourth-order valence-electron chi connectivity index (χ4n) is 5.34. The van der Waals surface area contributed by atoms with Crippen LogP contribution in [0.25, 0.3) is 23.3 Å². The van der Waals surface area contributed by atoms with Gasteiger partial charge in [0.05, 0.1) is 56.5 Å². The van der Waals surface area contributed by atoms with Crippen molar-refractivity contribution in [2.45, 2.75) is 13.8 Å². The SMILES string of the molecule is COC(=O)c1cnn(-c2ccccc2)c1/N=N/c1c(C)nn(-c2nc(OC)nc(-n3nc(C)c(/N=N/c4c(C(=O)OC)cnn4-c4ccccc4)c3N)n2)c1N. The molecule has 0 bridgehead atoms. The number of para-hydroxylation sites is 2. The Morgan fingerprint density at radius 3 is 1.38 bits per heavy atom. The van der Waals surface area contributed by atoms with Crippen LogP contribution in [0.4, 0.5) is 34.6 Å². The molecule has 22 nitrogen and oxygen atoms in total. The highest BCUT2D eigenvalue weighted by molar-refractivity contribution is 5.94. The summed E-state index contributed by atoms with van der Waals surface area (Å²) in [7, 11) is 3.86. The van der Waals surface area contributed by atoms with E-state index in [1.54, 1.807) is 38.1 Å². The lowest BCUT2D eigenvalue weighted by molar-refractivity contribution is 0.0592. The molecule has 5 heterocycles. The molecule has 0 unspecified atom stereocenters. The number of nitrogens with two attached hydrogens (primary N) is 2. The zero-order chi connectivity index (χ0) is 39.5. The van der Waals surface area contributed by atoms with Crippen LogP contribution >= 0.6 is 0 Å². The largest absolute Gasteiger partial charge is 0.467 e. The summed E-state index contributed by atoms with van der Waals surface area (Å²) >= 11 is 0. The van der Waals surface area contributed by atoms with Crippen LogP contribution in [-0.4, -0.2) is 87.3 Å². The number of carbonyl (C=O) groups excluding carboxylic acids is 2. The Morgan fingerprint density at radius 1 is 0.589 bits per heavy atom. The molecule has 0 saturated carbocycles. The predicted molar refractivity (Wildman–Crippen MR) is 197 cm³/mol. The van der Waals surface area contributed by atoms with Gasteiger partial charge in [-0.05, 0) is 38.1 Å². The van der Waals surface area contributed by atoms with E-state index in [1.807, 2.05) is 36.4 Å². The van der Waals surface area contributed by atoms with Crippen molar-refractivity contribution in [3.63, 3.8) is 0 Å². The first-order valence-electron chi connectivity index (χ1n) is 16.4. The van der Waals surface area contributed by atoms with Crippen LogP contribution < -0.4 is 16.2 Å². The number of hydrogen-bond acceptors (Lipinski definition) is 18. The first-order valence-corrected chi connectivity index (χ1v) is 16.4. The van der Waals surface area contributed by atoms with E-state index in [0.29, 0.717) is 22.8 Å². The lowest BCUT2D eigenvalue weighted by Crippen LogP contribution is -2.14. The first kappa shape index (κ1) is 36.2. The van der Waals surface area contributed by atoms with Gasteiger partial charge in [0.15, 0.2) is 34.6 Å². The van der Waals surface area contributed by atoms with E-state index in [-0.39, 0.29) is 63.7 Å². The number of methoxy groups -OCH3 is 3. The second kappa shape index (κ2) is 15.1. The van der Waals surface area contributed by atoms with Crippen molar-refractivity contribution in [3.8, 4) is 29.3 Å². The van der Waals surface area contributed by atoms with Crippen molar-refractivity contribution in [2.75, 3.05) is 32.8 Å². The highest BCUT2D eigenvalue weighted by Crippen LogP contribution is 2.34. The molecular weight excluding hydrogens is 726 g/mol. The van der Waals surface area contributed by atoms with Crippen molar-refractivity contribution < 1.29 is 23.8 Å². The summed E-state index contributed by atoms with van der Waals surface area (Å²) < 4.78 is 20.5. The maximum absolute atomic E-state index is 12.6. The van der Waals surface area contributed by atoms with Crippen molar-refractivity contribution in [2.24, 2.45) is 20.5 Å². The van der Waals surface area contributed by atoms with Crippen LogP contribution in [0.5, 0.6) is 6.01 Å². The number of nitrogens with zero attached hydrogens (tertiary/aromatic N) is 15. The summed E-state index contributed by atoms with van der Waals surface area (Å²) in [6, 6.07) is 18.0. The second-order valence-corrected chi connectivity index (χ2v) is 11.5. The molecule has 0 aliphatic carbocycles. The zero-order valence-corrected chi connectivity index (χ0v) is 30.3. The van der Waals surface area contributed by atoms with Crippen LogP contribution in [0.2, 0.25) is 0 Å². The fraction of sp³-hybridized carbons (Fsp3) is 0.147. The number of azo groups is 2. The number of aryl methyl sites for hydroxylation is 2. The lowest BCUT2D eigenvalue weighted by atomic mass is 10.3. The second-order valence-electron chi connectivity index (χ2n) is 11.5. The molecular formula is C34H31N17O5. The maximum atomic E-state index is 12.6. The number of ether oxygens (including phenoxy) is 3. The highest BCUT2D eigenvalue weighted by Gasteiger charge is 2.24. The van der Waals surface area contributed by atoms with Crippen molar-refractivity contribution in [1.29, 1.82) is 0 Å². The van der Waals surface area contributed by atoms with E-state index >= 15 is 0 Å².